The highest BCUT2D eigenvalue weighted by Crippen LogP contribution is 2.20. The fraction of sp³-hybridized carbons (Fsp3) is 0.154. The number of ketones is 1. The molecule has 0 saturated carbocycles. The minimum atomic E-state index is -0.0709. The Hall–Kier alpha value is -2.61. The van der Waals surface area contributed by atoms with Crippen molar-refractivity contribution in [2.45, 2.75) is 13.8 Å². The zero-order valence-electron chi connectivity index (χ0n) is 10.1. The van der Waals surface area contributed by atoms with E-state index < -0.39 is 0 Å². The lowest BCUT2D eigenvalue weighted by molar-refractivity contribution is 0.101. The first-order chi connectivity index (χ1) is 8.52. The van der Waals surface area contributed by atoms with Gasteiger partial charge in [0, 0.05) is 16.9 Å². The number of carbonyl (C=O) groups is 1. The van der Waals surface area contributed by atoms with Crippen LogP contribution < -0.4 is 5.73 Å². The zero-order chi connectivity index (χ0) is 13.3. The number of rotatable bonds is 2. The number of hydrogen-bond acceptors (Lipinski definition) is 4. The van der Waals surface area contributed by atoms with Crippen LogP contribution in [-0.4, -0.2) is 15.6 Å². The number of nitrogens with zero attached hydrogens (tertiary/aromatic N) is 3. The summed E-state index contributed by atoms with van der Waals surface area (Å²) in [6, 6.07) is 8.65. The van der Waals surface area contributed by atoms with Crippen LogP contribution in [0.2, 0.25) is 0 Å². The summed E-state index contributed by atoms with van der Waals surface area (Å²) in [6.45, 7) is 3.31. The molecular weight excluding hydrogens is 228 g/mol. The van der Waals surface area contributed by atoms with Crippen molar-refractivity contribution in [3.63, 3.8) is 0 Å². The fourth-order valence-electron chi connectivity index (χ4n) is 1.79. The molecule has 0 atom stereocenters. The molecule has 0 aliphatic carbocycles. The molecule has 0 saturated heterocycles. The smallest absolute Gasteiger partial charge is 0.163 e. The molecule has 0 unspecified atom stereocenters. The number of carbonyl (C=O) groups excluding carboxylic acids is 1. The average molecular weight is 240 g/mol. The molecule has 2 aromatic rings. The molecule has 0 aliphatic heterocycles. The molecule has 5 heteroatoms. The molecule has 0 fully saturated rings. The Morgan fingerprint density at radius 2 is 2.17 bits per heavy atom. The Morgan fingerprint density at radius 3 is 2.72 bits per heavy atom. The Morgan fingerprint density at radius 1 is 1.44 bits per heavy atom. The largest absolute Gasteiger partial charge is 0.399 e. The summed E-state index contributed by atoms with van der Waals surface area (Å²) in [4.78, 5) is 11.6. The minimum Gasteiger partial charge on any atom is -0.399 e. The molecule has 5 nitrogen and oxygen atoms in total. The van der Waals surface area contributed by atoms with Crippen LogP contribution in [0.4, 0.5) is 5.69 Å². The number of nitrogens with two attached hydrogens (primary N) is 1. The summed E-state index contributed by atoms with van der Waals surface area (Å²) in [5.41, 5.74) is 8.50. The van der Waals surface area contributed by atoms with E-state index in [1.807, 2.05) is 13.0 Å². The normalized spacial score (nSPS) is 10.1. The molecule has 1 heterocycles. The zero-order valence-corrected chi connectivity index (χ0v) is 10.1. The molecule has 1 aromatic carbocycles. The number of hydrogen-bond donors (Lipinski definition) is 1. The number of aryl methyl sites for hydroxylation is 1. The molecular formula is C13H12N4O. The molecule has 2 N–H and O–H groups in total. The van der Waals surface area contributed by atoms with Crippen molar-refractivity contribution in [2.75, 3.05) is 5.73 Å². The lowest BCUT2D eigenvalue weighted by Gasteiger charge is -2.09. The van der Waals surface area contributed by atoms with Crippen LogP contribution in [0.15, 0.2) is 24.3 Å². The number of anilines is 1. The average Bonchev–Trinajstić information content (AvgIpc) is 2.70. The molecule has 0 radical (unpaired) electrons. The van der Waals surface area contributed by atoms with Gasteiger partial charge in [0.15, 0.2) is 11.5 Å². The topological polar surface area (TPSA) is 84.7 Å². The minimum absolute atomic E-state index is 0.0709. The Kier molecular flexibility index (Phi) is 2.86. The van der Waals surface area contributed by atoms with E-state index in [0.717, 1.165) is 5.69 Å². The van der Waals surface area contributed by atoms with Gasteiger partial charge in [0.2, 0.25) is 0 Å². The summed E-state index contributed by atoms with van der Waals surface area (Å²) < 4.78 is 1.56. The first kappa shape index (κ1) is 11.9. The van der Waals surface area contributed by atoms with Gasteiger partial charge in [0.05, 0.1) is 5.69 Å². The van der Waals surface area contributed by atoms with Crippen LogP contribution in [0, 0.1) is 18.3 Å². The van der Waals surface area contributed by atoms with Crippen molar-refractivity contribution in [2.24, 2.45) is 0 Å². The number of benzene rings is 1. The maximum atomic E-state index is 11.6. The van der Waals surface area contributed by atoms with Gasteiger partial charge in [-0.3, -0.25) is 4.79 Å². The number of nitrogen functional groups attached to an aromatic ring is 1. The third kappa shape index (κ3) is 1.96. The molecule has 90 valence electrons. The van der Waals surface area contributed by atoms with E-state index in [2.05, 4.69) is 5.10 Å². The van der Waals surface area contributed by atoms with E-state index in [-0.39, 0.29) is 5.78 Å². The van der Waals surface area contributed by atoms with Crippen molar-refractivity contribution in [1.82, 2.24) is 9.78 Å². The van der Waals surface area contributed by atoms with Crippen molar-refractivity contribution in [3.05, 3.63) is 41.2 Å². The second kappa shape index (κ2) is 4.34. The van der Waals surface area contributed by atoms with Gasteiger partial charge < -0.3 is 5.73 Å². The predicted molar refractivity (Wildman–Crippen MR) is 67.4 cm³/mol. The van der Waals surface area contributed by atoms with E-state index >= 15 is 0 Å². The summed E-state index contributed by atoms with van der Waals surface area (Å²) in [5, 5.41) is 13.0. The van der Waals surface area contributed by atoms with E-state index in [0.29, 0.717) is 22.6 Å². The number of nitriles is 1. The quantitative estimate of drug-likeness (QED) is 0.641. The van der Waals surface area contributed by atoms with Crippen molar-refractivity contribution in [3.8, 4) is 11.8 Å². The third-order valence-electron chi connectivity index (χ3n) is 2.63. The molecule has 0 spiro atoms. The van der Waals surface area contributed by atoms with Gasteiger partial charge in [-0.05, 0) is 38.1 Å². The van der Waals surface area contributed by atoms with E-state index in [4.69, 9.17) is 11.0 Å². The molecule has 0 amide bonds. The van der Waals surface area contributed by atoms with Crippen molar-refractivity contribution >= 4 is 11.5 Å². The van der Waals surface area contributed by atoms with Gasteiger partial charge in [0.1, 0.15) is 6.07 Å². The standard InChI is InChI=1S/C13H12N4O/c1-8-5-11(7-14)16-17(8)13-6-10(15)3-4-12(13)9(2)18/h3-6H,15H2,1-2H3. The Labute approximate surface area is 104 Å². The van der Waals surface area contributed by atoms with Crippen LogP contribution in [-0.2, 0) is 0 Å². The second-order valence-electron chi connectivity index (χ2n) is 4.03. The number of Topliss-reactive ketones (excluding diaryl/α,β-unsaturated/α-hetero) is 1. The SMILES string of the molecule is CC(=O)c1ccc(N)cc1-n1nc(C#N)cc1C. The van der Waals surface area contributed by atoms with Gasteiger partial charge in [-0.15, -0.1) is 0 Å². The highest BCUT2D eigenvalue weighted by Gasteiger charge is 2.13. The van der Waals surface area contributed by atoms with Gasteiger partial charge in [-0.25, -0.2) is 4.68 Å². The number of aromatic nitrogens is 2. The van der Waals surface area contributed by atoms with E-state index in [1.165, 1.54) is 6.92 Å². The maximum absolute atomic E-state index is 11.6. The molecule has 0 aliphatic rings. The first-order valence-corrected chi connectivity index (χ1v) is 5.40. The highest BCUT2D eigenvalue weighted by atomic mass is 16.1. The van der Waals surface area contributed by atoms with E-state index in [9.17, 15) is 4.79 Å². The van der Waals surface area contributed by atoms with Crippen LogP contribution >= 0.6 is 0 Å². The summed E-state index contributed by atoms with van der Waals surface area (Å²) in [7, 11) is 0. The van der Waals surface area contributed by atoms with Crippen molar-refractivity contribution < 1.29 is 4.79 Å². The fourth-order valence-corrected chi connectivity index (χ4v) is 1.79. The molecule has 1 aromatic heterocycles. The van der Waals surface area contributed by atoms with Crippen molar-refractivity contribution in [1.29, 1.82) is 5.26 Å². The first-order valence-electron chi connectivity index (χ1n) is 5.40. The monoisotopic (exact) mass is 240 g/mol. The lowest BCUT2D eigenvalue weighted by Crippen LogP contribution is -2.07. The maximum Gasteiger partial charge on any atom is 0.163 e. The van der Waals surface area contributed by atoms with Gasteiger partial charge >= 0.3 is 0 Å². The summed E-state index contributed by atoms with van der Waals surface area (Å²) >= 11 is 0. The second-order valence-corrected chi connectivity index (χ2v) is 4.03. The lowest BCUT2D eigenvalue weighted by atomic mass is 10.1. The predicted octanol–water partition coefficient (Wildman–Crippen LogP) is 1.84. The summed E-state index contributed by atoms with van der Waals surface area (Å²) in [5.74, 6) is -0.0709. The highest BCUT2D eigenvalue weighted by molar-refractivity contribution is 5.98. The summed E-state index contributed by atoms with van der Waals surface area (Å²) in [6.07, 6.45) is 0. The van der Waals surface area contributed by atoms with Crippen LogP contribution in [0.3, 0.4) is 0 Å². The Bertz CT molecular complexity index is 664. The van der Waals surface area contributed by atoms with Crippen LogP contribution in [0.5, 0.6) is 0 Å². The van der Waals surface area contributed by atoms with E-state index in [1.54, 1.807) is 28.9 Å². The molecule has 18 heavy (non-hydrogen) atoms. The van der Waals surface area contributed by atoms with Crippen LogP contribution in [0.25, 0.3) is 5.69 Å². The molecule has 0 bridgehead atoms. The van der Waals surface area contributed by atoms with Gasteiger partial charge in [0.25, 0.3) is 0 Å². The van der Waals surface area contributed by atoms with Gasteiger partial charge in [-0.2, -0.15) is 10.4 Å². The third-order valence-corrected chi connectivity index (χ3v) is 2.63. The Balaban J connectivity index is 2.69. The van der Waals surface area contributed by atoms with Crippen LogP contribution in [0.1, 0.15) is 28.7 Å². The molecule has 2 rings (SSSR count). The van der Waals surface area contributed by atoms with Gasteiger partial charge in [-0.1, -0.05) is 0 Å².